The maximum atomic E-state index is 12.9. The number of rotatable bonds is 4. The minimum absolute atomic E-state index is 0.0113. The van der Waals surface area contributed by atoms with Crippen LogP contribution in [0.25, 0.3) is 0 Å². The van der Waals surface area contributed by atoms with Crippen molar-refractivity contribution in [3.8, 4) is 0 Å². The van der Waals surface area contributed by atoms with E-state index in [9.17, 15) is 9.59 Å². The monoisotopic (exact) mass is 391 g/mol. The lowest BCUT2D eigenvalue weighted by molar-refractivity contribution is -0.121. The predicted molar refractivity (Wildman–Crippen MR) is 116 cm³/mol. The summed E-state index contributed by atoms with van der Waals surface area (Å²) in [5.41, 5.74) is 4.24. The highest BCUT2D eigenvalue weighted by molar-refractivity contribution is 5.95. The number of amides is 2. The van der Waals surface area contributed by atoms with Gasteiger partial charge in [-0.05, 0) is 61.6 Å². The van der Waals surface area contributed by atoms with Crippen LogP contribution in [0.3, 0.4) is 0 Å². The van der Waals surface area contributed by atoms with Crippen LogP contribution in [-0.4, -0.2) is 36.3 Å². The summed E-state index contributed by atoms with van der Waals surface area (Å²) in [6.07, 6.45) is 3.88. The van der Waals surface area contributed by atoms with Crippen LogP contribution in [0.2, 0.25) is 0 Å². The molecule has 0 aliphatic carbocycles. The van der Waals surface area contributed by atoms with Gasteiger partial charge in [-0.15, -0.1) is 0 Å². The van der Waals surface area contributed by atoms with Gasteiger partial charge in [-0.25, -0.2) is 0 Å². The molecular weight excluding hydrogens is 362 g/mol. The summed E-state index contributed by atoms with van der Waals surface area (Å²) in [4.78, 5) is 28.9. The third-order valence-electron chi connectivity index (χ3n) is 5.97. The molecule has 5 nitrogen and oxygen atoms in total. The third kappa shape index (κ3) is 4.67. The quantitative estimate of drug-likeness (QED) is 0.862. The Morgan fingerprint density at radius 3 is 2.69 bits per heavy atom. The number of fused-ring (bicyclic) bond motifs is 1. The Morgan fingerprint density at radius 2 is 1.90 bits per heavy atom. The van der Waals surface area contributed by atoms with E-state index in [1.54, 1.807) is 6.92 Å². The molecular formula is C24H29N3O2. The fourth-order valence-corrected chi connectivity index (χ4v) is 4.50. The van der Waals surface area contributed by atoms with Gasteiger partial charge in [-0.3, -0.25) is 14.5 Å². The lowest BCUT2D eigenvalue weighted by atomic mass is 9.96. The molecule has 0 radical (unpaired) electrons. The molecule has 0 bridgehead atoms. The van der Waals surface area contributed by atoms with Crippen molar-refractivity contribution < 1.29 is 9.59 Å². The van der Waals surface area contributed by atoms with Crippen LogP contribution < -0.4 is 10.2 Å². The number of piperidine rings is 1. The molecule has 1 N–H and O–H groups in total. The second kappa shape index (κ2) is 8.78. The van der Waals surface area contributed by atoms with Crippen molar-refractivity contribution in [2.24, 2.45) is 5.92 Å². The van der Waals surface area contributed by atoms with Gasteiger partial charge in [0.1, 0.15) is 0 Å². The largest absolute Gasteiger partial charge is 0.326 e. The Labute approximate surface area is 172 Å². The van der Waals surface area contributed by atoms with E-state index in [1.807, 2.05) is 29.2 Å². The standard InChI is InChI=1S/C24H29N3O2/c1-18(28)27-14-6-9-20-15-22(11-12-23(20)27)25-24(29)21-10-5-13-26(17-21)16-19-7-3-2-4-8-19/h2-4,7-8,11-12,15,21H,5-6,9-10,13-14,16-17H2,1H3,(H,25,29)/t21-/m1/s1. The second-order valence-electron chi connectivity index (χ2n) is 8.17. The molecule has 1 saturated heterocycles. The van der Waals surface area contributed by atoms with E-state index in [2.05, 4.69) is 34.5 Å². The fourth-order valence-electron chi connectivity index (χ4n) is 4.50. The highest BCUT2D eigenvalue weighted by Crippen LogP contribution is 2.30. The Balaban J connectivity index is 1.39. The molecule has 2 aromatic carbocycles. The molecule has 2 heterocycles. The van der Waals surface area contributed by atoms with Crippen LogP contribution in [0.15, 0.2) is 48.5 Å². The van der Waals surface area contributed by atoms with E-state index >= 15 is 0 Å². The van der Waals surface area contributed by atoms with Gasteiger partial charge in [0.2, 0.25) is 11.8 Å². The summed E-state index contributed by atoms with van der Waals surface area (Å²) < 4.78 is 0. The van der Waals surface area contributed by atoms with Crippen LogP contribution >= 0.6 is 0 Å². The number of likely N-dealkylation sites (tertiary alicyclic amines) is 1. The van der Waals surface area contributed by atoms with Crippen LogP contribution in [0.1, 0.15) is 37.3 Å². The first kappa shape index (κ1) is 19.6. The first-order valence-electron chi connectivity index (χ1n) is 10.6. The van der Waals surface area contributed by atoms with Crippen molar-refractivity contribution in [1.82, 2.24) is 4.90 Å². The van der Waals surface area contributed by atoms with Crippen molar-refractivity contribution in [2.75, 3.05) is 29.9 Å². The maximum Gasteiger partial charge on any atom is 0.228 e. The number of carbonyl (C=O) groups excluding carboxylic acids is 2. The van der Waals surface area contributed by atoms with E-state index in [0.717, 1.165) is 68.8 Å². The van der Waals surface area contributed by atoms with Crippen molar-refractivity contribution >= 4 is 23.2 Å². The highest BCUT2D eigenvalue weighted by Gasteiger charge is 2.26. The second-order valence-corrected chi connectivity index (χ2v) is 8.17. The average molecular weight is 392 g/mol. The predicted octanol–water partition coefficient (Wildman–Crippen LogP) is 3.84. The van der Waals surface area contributed by atoms with Gasteiger partial charge in [-0.2, -0.15) is 0 Å². The smallest absolute Gasteiger partial charge is 0.228 e. The molecule has 2 aliphatic heterocycles. The minimum atomic E-state index is 0.0113. The van der Waals surface area contributed by atoms with E-state index in [0.29, 0.717) is 0 Å². The summed E-state index contributed by atoms with van der Waals surface area (Å²) in [7, 11) is 0. The summed E-state index contributed by atoms with van der Waals surface area (Å²) in [6.45, 7) is 5.11. The first-order chi connectivity index (χ1) is 14.1. The molecule has 1 fully saturated rings. The number of aryl methyl sites for hydroxylation is 1. The number of benzene rings is 2. The zero-order valence-corrected chi connectivity index (χ0v) is 17.1. The van der Waals surface area contributed by atoms with Crippen molar-refractivity contribution in [3.05, 3.63) is 59.7 Å². The summed E-state index contributed by atoms with van der Waals surface area (Å²) >= 11 is 0. The van der Waals surface area contributed by atoms with E-state index in [1.165, 1.54) is 5.56 Å². The van der Waals surface area contributed by atoms with Crippen LogP contribution in [-0.2, 0) is 22.6 Å². The SMILES string of the molecule is CC(=O)N1CCCc2cc(NC(=O)[C@@H]3CCCN(Cc4ccccc4)C3)ccc21. The molecule has 29 heavy (non-hydrogen) atoms. The molecule has 2 aliphatic rings. The van der Waals surface area contributed by atoms with Crippen LogP contribution in [0.4, 0.5) is 11.4 Å². The van der Waals surface area contributed by atoms with E-state index < -0.39 is 0 Å². The Kier molecular flexibility index (Phi) is 5.95. The van der Waals surface area contributed by atoms with Crippen molar-refractivity contribution in [1.29, 1.82) is 0 Å². The number of anilines is 2. The maximum absolute atomic E-state index is 12.9. The summed E-state index contributed by atoms with van der Waals surface area (Å²) in [6, 6.07) is 16.4. The molecule has 0 aromatic heterocycles. The average Bonchev–Trinajstić information content (AvgIpc) is 2.74. The Bertz CT molecular complexity index is 881. The molecule has 0 spiro atoms. The summed E-state index contributed by atoms with van der Waals surface area (Å²) in [5, 5.41) is 3.12. The normalized spacial score (nSPS) is 19.5. The third-order valence-corrected chi connectivity index (χ3v) is 5.97. The number of nitrogens with zero attached hydrogens (tertiary/aromatic N) is 2. The molecule has 0 saturated carbocycles. The lowest BCUT2D eigenvalue weighted by Gasteiger charge is -2.32. The van der Waals surface area contributed by atoms with Crippen LogP contribution in [0, 0.1) is 5.92 Å². The van der Waals surface area contributed by atoms with Crippen molar-refractivity contribution in [3.63, 3.8) is 0 Å². The minimum Gasteiger partial charge on any atom is -0.326 e. The molecule has 0 unspecified atom stereocenters. The van der Waals surface area contributed by atoms with Crippen molar-refractivity contribution in [2.45, 2.75) is 39.2 Å². The number of hydrogen-bond acceptors (Lipinski definition) is 3. The highest BCUT2D eigenvalue weighted by atomic mass is 16.2. The van der Waals surface area contributed by atoms with Gasteiger partial charge >= 0.3 is 0 Å². The van der Waals surface area contributed by atoms with Gasteiger partial charge in [0.25, 0.3) is 0 Å². The van der Waals surface area contributed by atoms with Gasteiger partial charge in [0, 0.05) is 37.9 Å². The Hall–Kier alpha value is -2.66. The zero-order valence-electron chi connectivity index (χ0n) is 17.1. The fraction of sp³-hybridized carbons (Fsp3) is 0.417. The molecule has 2 aromatic rings. The van der Waals surface area contributed by atoms with Gasteiger partial charge in [-0.1, -0.05) is 30.3 Å². The molecule has 4 rings (SSSR count). The molecule has 2 amide bonds. The molecule has 1 atom stereocenters. The zero-order chi connectivity index (χ0) is 20.2. The van der Waals surface area contributed by atoms with Crippen LogP contribution in [0.5, 0.6) is 0 Å². The topological polar surface area (TPSA) is 52.7 Å². The first-order valence-corrected chi connectivity index (χ1v) is 10.6. The van der Waals surface area contributed by atoms with E-state index in [-0.39, 0.29) is 17.7 Å². The molecule has 152 valence electrons. The van der Waals surface area contributed by atoms with E-state index in [4.69, 9.17) is 0 Å². The number of carbonyl (C=O) groups is 2. The number of nitrogens with one attached hydrogen (secondary N) is 1. The van der Waals surface area contributed by atoms with Gasteiger partial charge in [0.05, 0.1) is 5.92 Å². The number of hydrogen-bond donors (Lipinski definition) is 1. The van der Waals surface area contributed by atoms with Gasteiger partial charge < -0.3 is 10.2 Å². The summed E-state index contributed by atoms with van der Waals surface area (Å²) in [5.74, 6) is 0.183. The lowest BCUT2D eigenvalue weighted by Crippen LogP contribution is -2.40. The Morgan fingerprint density at radius 1 is 1.07 bits per heavy atom. The molecule has 5 heteroatoms. The van der Waals surface area contributed by atoms with Gasteiger partial charge in [0.15, 0.2) is 0 Å².